The zero-order chi connectivity index (χ0) is 19.6. The molecule has 1 amide bonds. The van der Waals surface area contributed by atoms with Gasteiger partial charge < -0.3 is 16.0 Å². The summed E-state index contributed by atoms with van der Waals surface area (Å²) < 4.78 is 0. The highest BCUT2D eigenvalue weighted by atomic mass is 127. The second-order valence-corrected chi connectivity index (χ2v) is 7.58. The van der Waals surface area contributed by atoms with Gasteiger partial charge in [-0.3, -0.25) is 4.79 Å². The maximum atomic E-state index is 11.8. The van der Waals surface area contributed by atoms with Gasteiger partial charge in [0.1, 0.15) is 0 Å². The number of hydrogen-bond acceptors (Lipinski definition) is 4. The number of halogens is 1. The van der Waals surface area contributed by atoms with E-state index >= 15 is 0 Å². The smallest absolute Gasteiger partial charge is 0.224 e. The molecule has 1 heterocycles. The van der Waals surface area contributed by atoms with Crippen LogP contribution in [0.1, 0.15) is 47.8 Å². The highest BCUT2D eigenvalue weighted by Crippen LogP contribution is 2.16. The van der Waals surface area contributed by atoms with Crippen molar-refractivity contribution in [3.8, 4) is 0 Å². The van der Waals surface area contributed by atoms with Gasteiger partial charge in [-0.05, 0) is 44.9 Å². The molecule has 0 saturated carbocycles. The van der Waals surface area contributed by atoms with E-state index in [1.165, 1.54) is 4.88 Å². The topological polar surface area (TPSA) is 78.4 Å². The SMILES string of the molecule is CCCC(=O)Nc1cccc(CN=C(NCC)NCc2sc(C)nc2C)c1.I. The average Bonchev–Trinajstić information content (AvgIpc) is 2.95. The summed E-state index contributed by atoms with van der Waals surface area (Å²) in [7, 11) is 0. The number of rotatable bonds is 8. The molecule has 3 N–H and O–H groups in total. The molecule has 1 aromatic carbocycles. The molecule has 0 aliphatic carbocycles. The van der Waals surface area contributed by atoms with Gasteiger partial charge in [-0.1, -0.05) is 19.1 Å². The number of hydrogen-bond donors (Lipinski definition) is 3. The molecule has 0 aliphatic rings. The summed E-state index contributed by atoms with van der Waals surface area (Å²) in [4.78, 5) is 22.1. The van der Waals surface area contributed by atoms with E-state index in [1.54, 1.807) is 11.3 Å². The molecule has 6 nitrogen and oxygen atoms in total. The molecule has 0 aliphatic heterocycles. The molecular weight excluding hydrogens is 485 g/mol. The molecule has 28 heavy (non-hydrogen) atoms. The Labute approximate surface area is 188 Å². The minimum absolute atomic E-state index is 0. The Hall–Kier alpha value is -1.68. The van der Waals surface area contributed by atoms with Crippen molar-refractivity contribution in [3.05, 3.63) is 45.4 Å². The normalized spacial score (nSPS) is 10.9. The highest BCUT2D eigenvalue weighted by molar-refractivity contribution is 14.0. The molecule has 0 spiro atoms. The third kappa shape index (κ3) is 8.14. The summed E-state index contributed by atoms with van der Waals surface area (Å²) in [6, 6.07) is 7.83. The van der Waals surface area contributed by atoms with Gasteiger partial charge in [-0.15, -0.1) is 35.3 Å². The number of benzene rings is 1. The molecule has 0 bridgehead atoms. The fourth-order valence-corrected chi connectivity index (χ4v) is 3.49. The summed E-state index contributed by atoms with van der Waals surface area (Å²) in [6.07, 6.45) is 1.37. The van der Waals surface area contributed by atoms with Gasteiger partial charge in [-0.2, -0.15) is 0 Å². The lowest BCUT2D eigenvalue weighted by Crippen LogP contribution is -2.36. The van der Waals surface area contributed by atoms with E-state index < -0.39 is 0 Å². The third-order valence-corrected chi connectivity index (χ3v) is 4.94. The first-order valence-corrected chi connectivity index (χ1v) is 10.2. The number of guanidine groups is 1. The summed E-state index contributed by atoms with van der Waals surface area (Å²) in [5.41, 5.74) is 2.93. The number of aryl methyl sites for hydroxylation is 2. The van der Waals surface area contributed by atoms with Crippen LogP contribution in [0.15, 0.2) is 29.3 Å². The quantitative estimate of drug-likeness (QED) is 0.277. The van der Waals surface area contributed by atoms with E-state index in [2.05, 4.69) is 25.9 Å². The molecule has 154 valence electrons. The minimum Gasteiger partial charge on any atom is -0.357 e. The molecule has 1 aromatic heterocycles. The summed E-state index contributed by atoms with van der Waals surface area (Å²) in [5, 5.41) is 10.6. The first kappa shape index (κ1) is 24.4. The van der Waals surface area contributed by atoms with Crippen molar-refractivity contribution in [2.75, 3.05) is 11.9 Å². The molecule has 0 fully saturated rings. The Morgan fingerprint density at radius 3 is 2.64 bits per heavy atom. The van der Waals surface area contributed by atoms with Crippen molar-refractivity contribution in [1.82, 2.24) is 15.6 Å². The highest BCUT2D eigenvalue weighted by Gasteiger charge is 2.06. The fourth-order valence-electron chi connectivity index (χ4n) is 2.61. The fraction of sp³-hybridized carbons (Fsp3) is 0.450. The number of nitrogens with zero attached hydrogens (tertiary/aromatic N) is 2. The van der Waals surface area contributed by atoms with Crippen LogP contribution in [-0.2, 0) is 17.9 Å². The van der Waals surface area contributed by atoms with Crippen molar-refractivity contribution in [2.24, 2.45) is 4.99 Å². The first-order chi connectivity index (χ1) is 13.0. The van der Waals surface area contributed by atoms with Crippen LogP contribution in [-0.4, -0.2) is 23.4 Å². The number of thiazole rings is 1. The van der Waals surface area contributed by atoms with Crippen LogP contribution < -0.4 is 16.0 Å². The molecule has 0 radical (unpaired) electrons. The van der Waals surface area contributed by atoms with E-state index in [9.17, 15) is 4.79 Å². The van der Waals surface area contributed by atoms with Crippen LogP contribution in [0.3, 0.4) is 0 Å². The van der Waals surface area contributed by atoms with Gasteiger partial charge in [0.15, 0.2) is 5.96 Å². The van der Waals surface area contributed by atoms with Gasteiger partial charge in [0.25, 0.3) is 0 Å². The Balaban J connectivity index is 0.00000392. The van der Waals surface area contributed by atoms with E-state index in [0.29, 0.717) is 19.5 Å². The molecular formula is C20H30IN5OS. The molecule has 0 saturated heterocycles. The zero-order valence-corrected chi connectivity index (χ0v) is 20.1. The van der Waals surface area contributed by atoms with Crippen molar-refractivity contribution >= 4 is 52.9 Å². The lowest BCUT2D eigenvalue weighted by molar-refractivity contribution is -0.116. The Kier molecular flexibility index (Phi) is 11.1. The minimum atomic E-state index is 0. The first-order valence-electron chi connectivity index (χ1n) is 9.35. The average molecular weight is 515 g/mol. The van der Waals surface area contributed by atoms with Gasteiger partial charge >= 0.3 is 0 Å². The Morgan fingerprint density at radius 2 is 2.00 bits per heavy atom. The number of amides is 1. The van der Waals surface area contributed by atoms with E-state index in [1.807, 2.05) is 52.0 Å². The van der Waals surface area contributed by atoms with Gasteiger partial charge in [0.2, 0.25) is 5.91 Å². The predicted molar refractivity (Wildman–Crippen MR) is 129 cm³/mol. The molecule has 8 heteroatoms. The van der Waals surface area contributed by atoms with Crippen LogP contribution in [0.5, 0.6) is 0 Å². The Bertz CT molecular complexity index is 791. The standard InChI is InChI=1S/C20H29N5OS.HI/c1-5-8-19(26)25-17-10-7-9-16(11-17)12-22-20(21-6-2)23-13-18-14(3)24-15(4)27-18;/h7,9-11H,5-6,8,12-13H2,1-4H3,(H,25,26)(H2,21,22,23);1H. The number of carbonyl (C=O) groups excluding carboxylic acids is 1. The van der Waals surface area contributed by atoms with Crippen LogP contribution >= 0.6 is 35.3 Å². The van der Waals surface area contributed by atoms with Crippen LogP contribution in [0.4, 0.5) is 5.69 Å². The van der Waals surface area contributed by atoms with E-state index in [0.717, 1.165) is 40.9 Å². The third-order valence-electron chi connectivity index (χ3n) is 3.87. The van der Waals surface area contributed by atoms with Crippen LogP contribution in [0.25, 0.3) is 0 Å². The summed E-state index contributed by atoms with van der Waals surface area (Å²) >= 11 is 1.70. The maximum absolute atomic E-state index is 11.8. The largest absolute Gasteiger partial charge is 0.357 e. The second-order valence-electron chi connectivity index (χ2n) is 6.29. The lowest BCUT2D eigenvalue weighted by atomic mass is 10.2. The van der Waals surface area contributed by atoms with Gasteiger partial charge in [0.05, 0.1) is 23.8 Å². The number of aliphatic imine (C=N–C) groups is 1. The predicted octanol–water partition coefficient (Wildman–Crippen LogP) is 4.37. The van der Waals surface area contributed by atoms with Crippen molar-refractivity contribution in [3.63, 3.8) is 0 Å². The monoisotopic (exact) mass is 515 g/mol. The Morgan fingerprint density at radius 1 is 1.21 bits per heavy atom. The second kappa shape index (κ2) is 12.7. The molecule has 0 unspecified atom stereocenters. The van der Waals surface area contributed by atoms with Crippen LogP contribution in [0.2, 0.25) is 0 Å². The van der Waals surface area contributed by atoms with Gasteiger partial charge in [0, 0.05) is 23.5 Å². The van der Waals surface area contributed by atoms with E-state index in [4.69, 9.17) is 0 Å². The zero-order valence-electron chi connectivity index (χ0n) is 17.0. The molecule has 2 aromatic rings. The van der Waals surface area contributed by atoms with Crippen molar-refractivity contribution < 1.29 is 4.79 Å². The van der Waals surface area contributed by atoms with Crippen LogP contribution in [0, 0.1) is 13.8 Å². The molecule has 0 atom stereocenters. The number of aromatic nitrogens is 1. The number of carbonyl (C=O) groups is 1. The summed E-state index contributed by atoms with van der Waals surface area (Å²) in [5.74, 6) is 0.812. The van der Waals surface area contributed by atoms with Crippen molar-refractivity contribution in [2.45, 2.75) is 53.6 Å². The maximum Gasteiger partial charge on any atom is 0.224 e. The lowest BCUT2D eigenvalue weighted by Gasteiger charge is -2.11. The number of anilines is 1. The number of nitrogens with one attached hydrogen (secondary N) is 3. The summed E-state index contributed by atoms with van der Waals surface area (Å²) in [6.45, 7) is 10.1. The molecule has 2 rings (SSSR count). The van der Waals surface area contributed by atoms with Gasteiger partial charge in [-0.25, -0.2) is 9.98 Å². The van der Waals surface area contributed by atoms with E-state index in [-0.39, 0.29) is 29.9 Å². The van der Waals surface area contributed by atoms with Crippen molar-refractivity contribution in [1.29, 1.82) is 0 Å².